The van der Waals surface area contributed by atoms with Gasteiger partial charge in [-0.1, -0.05) is 12.1 Å². The summed E-state index contributed by atoms with van der Waals surface area (Å²) in [5.41, 5.74) is 2.63. The fraction of sp³-hybridized carbons (Fsp3) is 0. The molecule has 1 N–H and O–H groups in total. The molecular weight excluding hydrogens is 256 g/mol. The van der Waals surface area contributed by atoms with Gasteiger partial charge in [0.1, 0.15) is 12.0 Å². The van der Waals surface area contributed by atoms with Crippen LogP contribution < -0.4 is 0 Å². The summed E-state index contributed by atoms with van der Waals surface area (Å²) in [7, 11) is 0. The minimum Gasteiger partial charge on any atom is -0.478 e. The van der Waals surface area contributed by atoms with Gasteiger partial charge in [-0.2, -0.15) is 5.10 Å². The Morgan fingerprint density at radius 3 is 2.40 bits per heavy atom. The Morgan fingerprint density at radius 2 is 1.75 bits per heavy atom. The van der Waals surface area contributed by atoms with Crippen molar-refractivity contribution in [1.82, 2.24) is 19.7 Å². The molecule has 2 heterocycles. The monoisotopic (exact) mass is 266 g/mol. The SMILES string of the molecule is O=C(O)c1ccc(-c2ccn(-c3cncnc3)n2)cc1. The summed E-state index contributed by atoms with van der Waals surface area (Å²) in [5, 5.41) is 13.3. The van der Waals surface area contributed by atoms with Crippen LogP contribution in [-0.2, 0) is 0 Å². The van der Waals surface area contributed by atoms with Gasteiger partial charge >= 0.3 is 5.97 Å². The molecule has 3 rings (SSSR count). The van der Waals surface area contributed by atoms with Crippen LogP contribution in [0, 0.1) is 0 Å². The molecule has 0 spiro atoms. The van der Waals surface area contributed by atoms with Crippen LogP contribution in [0.5, 0.6) is 0 Å². The Morgan fingerprint density at radius 1 is 1.05 bits per heavy atom. The van der Waals surface area contributed by atoms with Crippen molar-refractivity contribution < 1.29 is 9.90 Å². The molecule has 6 heteroatoms. The summed E-state index contributed by atoms with van der Waals surface area (Å²) in [6.07, 6.45) is 6.59. The van der Waals surface area contributed by atoms with E-state index in [4.69, 9.17) is 5.11 Å². The Hall–Kier alpha value is -3.02. The van der Waals surface area contributed by atoms with E-state index in [0.29, 0.717) is 0 Å². The maximum atomic E-state index is 10.8. The molecule has 0 radical (unpaired) electrons. The zero-order valence-corrected chi connectivity index (χ0v) is 10.3. The number of rotatable bonds is 3. The lowest BCUT2D eigenvalue weighted by Gasteiger charge is -2.00. The van der Waals surface area contributed by atoms with E-state index in [9.17, 15) is 4.79 Å². The number of hydrogen-bond acceptors (Lipinski definition) is 4. The Bertz CT molecular complexity index is 735. The summed E-state index contributed by atoms with van der Waals surface area (Å²) in [4.78, 5) is 18.7. The molecule has 6 nitrogen and oxygen atoms in total. The molecule has 0 saturated carbocycles. The highest BCUT2D eigenvalue weighted by atomic mass is 16.4. The van der Waals surface area contributed by atoms with Crippen LogP contribution in [-0.4, -0.2) is 30.8 Å². The van der Waals surface area contributed by atoms with Gasteiger partial charge in [-0.05, 0) is 18.2 Å². The average molecular weight is 266 g/mol. The maximum Gasteiger partial charge on any atom is 0.335 e. The van der Waals surface area contributed by atoms with E-state index in [0.717, 1.165) is 16.9 Å². The fourth-order valence-corrected chi connectivity index (χ4v) is 1.81. The third-order valence-electron chi connectivity index (χ3n) is 2.83. The van der Waals surface area contributed by atoms with Crippen LogP contribution in [0.25, 0.3) is 16.9 Å². The second kappa shape index (κ2) is 4.93. The number of carbonyl (C=O) groups is 1. The van der Waals surface area contributed by atoms with Crippen molar-refractivity contribution in [3.05, 3.63) is 60.8 Å². The quantitative estimate of drug-likeness (QED) is 0.784. The highest BCUT2D eigenvalue weighted by Gasteiger charge is 2.06. The number of nitrogens with zero attached hydrogens (tertiary/aromatic N) is 4. The average Bonchev–Trinajstić information content (AvgIpc) is 2.98. The molecule has 1 aromatic carbocycles. The van der Waals surface area contributed by atoms with Crippen molar-refractivity contribution in [2.45, 2.75) is 0 Å². The second-order valence-corrected chi connectivity index (χ2v) is 4.12. The fourth-order valence-electron chi connectivity index (χ4n) is 1.81. The molecule has 0 aliphatic heterocycles. The first kappa shape index (κ1) is 12.0. The number of aromatic carboxylic acids is 1. The first-order chi connectivity index (χ1) is 9.74. The van der Waals surface area contributed by atoms with E-state index < -0.39 is 5.97 Å². The molecule has 0 atom stereocenters. The standard InChI is InChI=1S/C14H10N4O2/c19-14(20)11-3-1-10(2-4-11)13-5-6-18(17-13)12-7-15-9-16-8-12/h1-9H,(H,19,20). The van der Waals surface area contributed by atoms with Crippen LogP contribution in [0.15, 0.2) is 55.2 Å². The molecule has 0 unspecified atom stereocenters. The van der Waals surface area contributed by atoms with Gasteiger partial charge in [0.15, 0.2) is 0 Å². The van der Waals surface area contributed by atoms with Crippen molar-refractivity contribution >= 4 is 5.97 Å². The van der Waals surface area contributed by atoms with E-state index in [-0.39, 0.29) is 5.56 Å². The third kappa shape index (κ3) is 2.26. The van der Waals surface area contributed by atoms with Gasteiger partial charge in [-0.15, -0.1) is 0 Å². The van der Waals surface area contributed by atoms with Crippen molar-refractivity contribution in [1.29, 1.82) is 0 Å². The van der Waals surface area contributed by atoms with Gasteiger partial charge in [-0.3, -0.25) is 0 Å². The van der Waals surface area contributed by atoms with Crippen LogP contribution in [0.4, 0.5) is 0 Å². The van der Waals surface area contributed by atoms with E-state index in [1.165, 1.54) is 6.33 Å². The lowest BCUT2D eigenvalue weighted by molar-refractivity contribution is 0.0697. The molecule has 0 fully saturated rings. The Labute approximate surface area is 114 Å². The molecule has 3 aromatic rings. The molecule has 0 saturated heterocycles. The number of carboxylic acid groups (broad SMARTS) is 1. The lowest BCUT2D eigenvalue weighted by Crippen LogP contribution is -1.97. The molecule has 0 aliphatic rings. The highest BCUT2D eigenvalue weighted by molar-refractivity contribution is 5.88. The summed E-state index contributed by atoms with van der Waals surface area (Å²) in [5.74, 6) is -0.941. The summed E-state index contributed by atoms with van der Waals surface area (Å²) in [6, 6.07) is 8.43. The summed E-state index contributed by atoms with van der Waals surface area (Å²) >= 11 is 0. The van der Waals surface area contributed by atoms with Crippen molar-refractivity contribution in [3.63, 3.8) is 0 Å². The van der Waals surface area contributed by atoms with Gasteiger partial charge in [0, 0.05) is 11.8 Å². The topological polar surface area (TPSA) is 80.9 Å². The maximum absolute atomic E-state index is 10.8. The van der Waals surface area contributed by atoms with Gasteiger partial charge in [0.2, 0.25) is 0 Å². The van der Waals surface area contributed by atoms with E-state index in [1.807, 2.05) is 6.07 Å². The molecule has 0 aliphatic carbocycles. The smallest absolute Gasteiger partial charge is 0.335 e. The number of aromatic nitrogens is 4. The molecule has 2 aromatic heterocycles. The first-order valence-corrected chi connectivity index (χ1v) is 5.89. The third-order valence-corrected chi connectivity index (χ3v) is 2.83. The Balaban J connectivity index is 1.92. The number of hydrogen-bond donors (Lipinski definition) is 1. The largest absolute Gasteiger partial charge is 0.478 e. The minimum atomic E-state index is -0.941. The van der Waals surface area contributed by atoms with Gasteiger partial charge in [-0.25, -0.2) is 19.4 Å². The van der Waals surface area contributed by atoms with Crippen molar-refractivity contribution in [3.8, 4) is 16.9 Å². The van der Waals surface area contributed by atoms with Crippen molar-refractivity contribution in [2.24, 2.45) is 0 Å². The van der Waals surface area contributed by atoms with Crippen molar-refractivity contribution in [2.75, 3.05) is 0 Å². The van der Waals surface area contributed by atoms with Gasteiger partial charge in [0.25, 0.3) is 0 Å². The second-order valence-electron chi connectivity index (χ2n) is 4.12. The van der Waals surface area contributed by atoms with E-state index >= 15 is 0 Å². The summed E-state index contributed by atoms with van der Waals surface area (Å²) < 4.78 is 1.67. The zero-order chi connectivity index (χ0) is 13.9. The predicted octanol–water partition coefficient (Wildman–Crippen LogP) is 2.03. The highest BCUT2D eigenvalue weighted by Crippen LogP contribution is 2.18. The minimum absolute atomic E-state index is 0.254. The molecule has 98 valence electrons. The number of carboxylic acids is 1. The predicted molar refractivity (Wildman–Crippen MR) is 71.5 cm³/mol. The zero-order valence-electron chi connectivity index (χ0n) is 10.3. The molecule has 0 amide bonds. The van der Waals surface area contributed by atoms with E-state index in [1.54, 1.807) is 47.5 Å². The van der Waals surface area contributed by atoms with Gasteiger partial charge < -0.3 is 5.11 Å². The van der Waals surface area contributed by atoms with Crippen LogP contribution in [0.2, 0.25) is 0 Å². The first-order valence-electron chi connectivity index (χ1n) is 5.89. The normalized spacial score (nSPS) is 10.4. The number of benzene rings is 1. The van der Waals surface area contributed by atoms with Gasteiger partial charge in [0.05, 0.1) is 23.7 Å². The van der Waals surface area contributed by atoms with Crippen LogP contribution in [0.3, 0.4) is 0 Å². The van der Waals surface area contributed by atoms with Crippen LogP contribution in [0.1, 0.15) is 10.4 Å². The molecule has 20 heavy (non-hydrogen) atoms. The van der Waals surface area contributed by atoms with E-state index in [2.05, 4.69) is 15.1 Å². The summed E-state index contributed by atoms with van der Waals surface area (Å²) in [6.45, 7) is 0. The van der Waals surface area contributed by atoms with Crippen LogP contribution >= 0.6 is 0 Å². The molecule has 0 bridgehead atoms. The molecular formula is C14H10N4O2. The lowest BCUT2D eigenvalue weighted by atomic mass is 10.1. The Kier molecular flexibility index (Phi) is 2.96.